The van der Waals surface area contributed by atoms with Crippen LogP contribution in [0.3, 0.4) is 0 Å². The second kappa shape index (κ2) is 10.4. The smallest absolute Gasteiger partial charge is 0.322 e. The van der Waals surface area contributed by atoms with E-state index in [9.17, 15) is 14.0 Å². The Bertz CT molecular complexity index is 1460. The minimum atomic E-state index is -0.718. The van der Waals surface area contributed by atoms with Crippen LogP contribution in [0.25, 0.3) is 11.1 Å². The minimum Gasteiger partial charge on any atom is -0.421 e. The molecule has 2 amide bonds. The summed E-state index contributed by atoms with van der Waals surface area (Å²) in [5.41, 5.74) is 8.04. The molecule has 36 heavy (non-hydrogen) atoms. The predicted octanol–water partition coefficient (Wildman–Crippen LogP) is 4.13. The maximum Gasteiger partial charge on any atom is 0.322 e. The molecule has 11 heteroatoms. The third-order valence-electron chi connectivity index (χ3n) is 4.88. The van der Waals surface area contributed by atoms with Crippen LogP contribution in [-0.2, 0) is 4.79 Å². The molecular weight excluding hydrogens is 465 g/mol. The van der Waals surface area contributed by atoms with Crippen molar-refractivity contribution < 1.29 is 18.7 Å². The molecule has 0 atom stereocenters. The lowest BCUT2D eigenvalue weighted by atomic mass is 10.0. The van der Waals surface area contributed by atoms with Crippen molar-refractivity contribution in [2.24, 2.45) is 0 Å². The van der Waals surface area contributed by atoms with Crippen LogP contribution >= 0.6 is 0 Å². The first-order chi connectivity index (χ1) is 17.3. The fourth-order valence-electron chi connectivity index (χ4n) is 3.19. The SMILES string of the molecule is C=CC(=O)Nc1ccc(NC(=O)c2ncnc(N)c2-c2ccc(Oc3nccc(C)n3)c(F)c2)cc1. The molecule has 10 nitrogen and oxygen atoms in total. The normalized spacial score (nSPS) is 10.4. The van der Waals surface area contributed by atoms with Crippen molar-refractivity contribution in [1.29, 1.82) is 0 Å². The number of hydrogen-bond acceptors (Lipinski definition) is 8. The lowest BCUT2D eigenvalue weighted by Gasteiger charge is -2.13. The molecule has 4 rings (SSSR count). The van der Waals surface area contributed by atoms with E-state index in [0.717, 1.165) is 18.5 Å². The zero-order chi connectivity index (χ0) is 25.7. The van der Waals surface area contributed by atoms with Gasteiger partial charge in [0.15, 0.2) is 11.6 Å². The number of nitrogens with zero attached hydrogens (tertiary/aromatic N) is 4. The van der Waals surface area contributed by atoms with Crippen molar-refractivity contribution in [3.05, 3.63) is 90.9 Å². The van der Waals surface area contributed by atoms with Crippen LogP contribution in [0.1, 0.15) is 16.2 Å². The fraction of sp³-hybridized carbons (Fsp3) is 0.0400. The lowest BCUT2D eigenvalue weighted by molar-refractivity contribution is -0.111. The number of nitrogens with one attached hydrogen (secondary N) is 2. The van der Waals surface area contributed by atoms with Crippen LogP contribution in [0.4, 0.5) is 21.6 Å². The second-order valence-corrected chi connectivity index (χ2v) is 7.44. The highest BCUT2D eigenvalue weighted by molar-refractivity contribution is 6.08. The highest BCUT2D eigenvalue weighted by atomic mass is 19.1. The first-order valence-electron chi connectivity index (χ1n) is 10.6. The molecule has 4 N–H and O–H groups in total. The minimum absolute atomic E-state index is 0.000600. The molecule has 0 aliphatic heterocycles. The zero-order valence-corrected chi connectivity index (χ0v) is 19.0. The van der Waals surface area contributed by atoms with Gasteiger partial charge in [-0.25, -0.2) is 24.3 Å². The standard InChI is InChI=1S/C25H20FN7O3/c1-3-20(34)32-16-5-7-17(8-6-16)33-24(35)22-21(23(27)30-13-29-22)15-4-9-19(18(26)12-15)36-25-28-11-10-14(2)31-25/h3-13H,1H2,2H3,(H,32,34)(H,33,35)(H2,27,29,30). The molecule has 0 aliphatic carbocycles. The summed E-state index contributed by atoms with van der Waals surface area (Å²) < 4.78 is 20.3. The van der Waals surface area contributed by atoms with Crippen LogP contribution in [-0.4, -0.2) is 31.8 Å². The molecule has 0 saturated heterocycles. The maximum absolute atomic E-state index is 14.9. The topological polar surface area (TPSA) is 145 Å². The number of anilines is 3. The van der Waals surface area contributed by atoms with Crippen molar-refractivity contribution >= 4 is 29.0 Å². The Labute approximate surface area is 205 Å². The average molecular weight is 485 g/mol. The summed E-state index contributed by atoms with van der Waals surface area (Å²) in [4.78, 5) is 40.5. The highest BCUT2D eigenvalue weighted by Gasteiger charge is 2.20. The van der Waals surface area contributed by atoms with E-state index in [-0.39, 0.29) is 40.3 Å². The van der Waals surface area contributed by atoms with Gasteiger partial charge in [-0.2, -0.15) is 0 Å². The van der Waals surface area contributed by atoms with Crippen molar-refractivity contribution in [1.82, 2.24) is 19.9 Å². The Kier molecular flexibility index (Phi) is 6.91. The number of aromatic nitrogens is 4. The number of carbonyl (C=O) groups excluding carboxylic acids is 2. The number of aryl methyl sites for hydroxylation is 1. The zero-order valence-electron chi connectivity index (χ0n) is 19.0. The number of amides is 2. The first kappa shape index (κ1) is 24.0. The molecule has 180 valence electrons. The lowest BCUT2D eigenvalue weighted by Crippen LogP contribution is -2.16. The van der Waals surface area contributed by atoms with E-state index in [4.69, 9.17) is 10.5 Å². The van der Waals surface area contributed by atoms with Gasteiger partial charge in [0.1, 0.15) is 17.8 Å². The third-order valence-corrected chi connectivity index (χ3v) is 4.88. The summed E-state index contributed by atoms with van der Waals surface area (Å²) in [6.45, 7) is 5.15. The van der Waals surface area contributed by atoms with Gasteiger partial charge in [0.2, 0.25) is 5.91 Å². The van der Waals surface area contributed by atoms with E-state index in [1.165, 1.54) is 18.3 Å². The molecule has 0 bridgehead atoms. The van der Waals surface area contributed by atoms with Gasteiger partial charge in [0.25, 0.3) is 5.91 Å². The predicted molar refractivity (Wildman–Crippen MR) is 132 cm³/mol. The Hall–Kier alpha value is -5.19. The number of hydrogen-bond donors (Lipinski definition) is 3. The summed E-state index contributed by atoms with van der Waals surface area (Å²) in [6, 6.07) is 12.2. The van der Waals surface area contributed by atoms with Crippen molar-refractivity contribution in [2.75, 3.05) is 16.4 Å². The van der Waals surface area contributed by atoms with Gasteiger partial charge in [-0.15, -0.1) is 0 Å². The average Bonchev–Trinajstić information content (AvgIpc) is 2.86. The molecule has 0 aliphatic rings. The van der Waals surface area contributed by atoms with Gasteiger partial charge in [0.05, 0.1) is 5.56 Å². The van der Waals surface area contributed by atoms with Crippen LogP contribution in [0.15, 0.2) is 73.7 Å². The molecule has 0 fully saturated rings. The Morgan fingerprint density at radius 3 is 2.42 bits per heavy atom. The van der Waals surface area contributed by atoms with E-state index < -0.39 is 11.7 Å². The van der Waals surface area contributed by atoms with Gasteiger partial charge in [0, 0.05) is 23.3 Å². The van der Waals surface area contributed by atoms with Gasteiger partial charge >= 0.3 is 6.01 Å². The molecule has 2 aromatic heterocycles. The van der Waals surface area contributed by atoms with Gasteiger partial charge in [-0.1, -0.05) is 12.6 Å². The maximum atomic E-state index is 14.9. The van der Waals surface area contributed by atoms with E-state index >= 15 is 0 Å². The Morgan fingerprint density at radius 1 is 1.03 bits per heavy atom. The Morgan fingerprint density at radius 2 is 1.75 bits per heavy atom. The van der Waals surface area contributed by atoms with Crippen molar-refractivity contribution in [3.63, 3.8) is 0 Å². The van der Waals surface area contributed by atoms with Gasteiger partial charge in [-0.3, -0.25) is 9.59 Å². The number of halogens is 1. The molecule has 0 radical (unpaired) electrons. The molecule has 0 saturated carbocycles. The number of ether oxygens (including phenoxy) is 1. The molecule has 2 heterocycles. The summed E-state index contributed by atoms with van der Waals surface area (Å²) in [5.74, 6) is -1.77. The number of carbonyl (C=O) groups is 2. The van der Waals surface area contributed by atoms with Gasteiger partial charge < -0.3 is 21.1 Å². The third kappa shape index (κ3) is 5.47. The summed E-state index contributed by atoms with van der Waals surface area (Å²) >= 11 is 0. The number of nitrogens with two attached hydrogens (primary N) is 1. The first-order valence-corrected chi connectivity index (χ1v) is 10.6. The van der Waals surface area contributed by atoms with Crippen molar-refractivity contribution in [3.8, 4) is 22.9 Å². The van der Waals surface area contributed by atoms with Crippen LogP contribution in [0.2, 0.25) is 0 Å². The number of nitrogen functional groups attached to an aromatic ring is 1. The largest absolute Gasteiger partial charge is 0.421 e. The molecule has 2 aromatic carbocycles. The second-order valence-electron chi connectivity index (χ2n) is 7.44. The van der Waals surface area contributed by atoms with Crippen molar-refractivity contribution in [2.45, 2.75) is 6.92 Å². The highest BCUT2D eigenvalue weighted by Crippen LogP contribution is 2.32. The Balaban J connectivity index is 1.58. The summed E-state index contributed by atoms with van der Waals surface area (Å²) in [6.07, 6.45) is 3.79. The van der Waals surface area contributed by atoms with Crippen LogP contribution < -0.4 is 21.1 Å². The van der Waals surface area contributed by atoms with E-state index in [1.807, 2.05) is 0 Å². The monoisotopic (exact) mass is 485 g/mol. The van der Waals surface area contributed by atoms with E-state index in [1.54, 1.807) is 37.3 Å². The summed E-state index contributed by atoms with van der Waals surface area (Å²) in [7, 11) is 0. The van der Waals surface area contributed by atoms with Crippen LogP contribution in [0, 0.1) is 12.7 Å². The van der Waals surface area contributed by atoms with E-state index in [2.05, 4.69) is 37.1 Å². The summed E-state index contributed by atoms with van der Waals surface area (Å²) in [5, 5.41) is 5.31. The van der Waals surface area contributed by atoms with E-state index in [0.29, 0.717) is 17.1 Å². The molecule has 0 unspecified atom stereocenters. The quantitative estimate of drug-likeness (QED) is 0.331. The molecule has 4 aromatic rings. The molecular formula is C25H20FN7O3. The van der Waals surface area contributed by atoms with Crippen LogP contribution in [0.5, 0.6) is 11.8 Å². The van der Waals surface area contributed by atoms with Gasteiger partial charge in [-0.05, 0) is 61.0 Å². The fourth-order valence-corrected chi connectivity index (χ4v) is 3.19. The number of benzene rings is 2. The number of rotatable bonds is 7. The molecule has 0 spiro atoms.